The summed E-state index contributed by atoms with van der Waals surface area (Å²) in [7, 11) is 0. The van der Waals surface area contributed by atoms with Crippen molar-refractivity contribution >= 4 is 27.5 Å². The molecule has 5 heteroatoms. The molecule has 0 aliphatic heterocycles. The molecule has 1 aromatic heterocycles. The van der Waals surface area contributed by atoms with Crippen LogP contribution < -0.4 is 4.74 Å². The number of ether oxygens (including phenoxy) is 1. The van der Waals surface area contributed by atoms with Crippen LogP contribution >= 0.6 is 27.5 Å². The minimum Gasteiger partial charge on any atom is -0.438 e. The Hall–Kier alpha value is -1.13. The summed E-state index contributed by atoms with van der Waals surface area (Å²) in [6.07, 6.45) is 1.61. The van der Waals surface area contributed by atoms with E-state index in [1.807, 2.05) is 6.07 Å². The Morgan fingerprint density at radius 3 is 2.88 bits per heavy atom. The molecule has 0 aliphatic carbocycles. The summed E-state index contributed by atoms with van der Waals surface area (Å²) in [5.74, 6) is 0.899. The molecular weight excluding hydrogens is 308 g/mol. The molecule has 0 saturated heterocycles. The molecule has 0 spiro atoms. The molecule has 2 nitrogen and oxygen atoms in total. The van der Waals surface area contributed by atoms with Crippen LogP contribution in [0.4, 0.5) is 4.39 Å². The standard InChI is InChI=1S/C12H8BrClFNO/c13-10-6-9(15)3-4-11(10)17-12-8(7-14)2-1-5-16-12/h1-6H,7H2. The summed E-state index contributed by atoms with van der Waals surface area (Å²) >= 11 is 9.00. The molecule has 1 aromatic carbocycles. The zero-order valence-electron chi connectivity index (χ0n) is 8.66. The van der Waals surface area contributed by atoms with E-state index in [0.29, 0.717) is 22.0 Å². The van der Waals surface area contributed by atoms with E-state index in [-0.39, 0.29) is 5.82 Å². The molecule has 17 heavy (non-hydrogen) atoms. The quantitative estimate of drug-likeness (QED) is 0.777. The Labute approximate surface area is 112 Å². The third kappa shape index (κ3) is 2.96. The lowest BCUT2D eigenvalue weighted by Gasteiger charge is -2.09. The highest BCUT2D eigenvalue weighted by atomic mass is 79.9. The van der Waals surface area contributed by atoms with Gasteiger partial charge in [0.05, 0.1) is 10.4 Å². The maximum Gasteiger partial charge on any atom is 0.223 e. The Balaban J connectivity index is 2.31. The van der Waals surface area contributed by atoms with Crippen LogP contribution in [0.5, 0.6) is 11.6 Å². The van der Waals surface area contributed by atoms with Crippen molar-refractivity contribution in [3.8, 4) is 11.6 Å². The summed E-state index contributed by atoms with van der Waals surface area (Å²) in [4.78, 5) is 4.09. The molecule has 0 fully saturated rings. The third-order valence-electron chi connectivity index (χ3n) is 2.09. The first-order valence-electron chi connectivity index (χ1n) is 4.83. The van der Waals surface area contributed by atoms with Gasteiger partial charge in [-0.25, -0.2) is 9.37 Å². The number of nitrogens with zero attached hydrogens (tertiary/aromatic N) is 1. The Kier molecular flexibility index (Phi) is 3.97. The number of alkyl halides is 1. The molecule has 0 bridgehead atoms. The summed E-state index contributed by atoms with van der Waals surface area (Å²) in [6.45, 7) is 0. The Morgan fingerprint density at radius 1 is 1.35 bits per heavy atom. The molecule has 0 saturated carbocycles. The van der Waals surface area contributed by atoms with Crippen molar-refractivity contribution in [2.75, 3.05) is 0 Å². The average molecular weight is 317 g/mol. The lowest BCUT2D eigenvalue weighted by Crippen LogP contribution is -1.93. The van der Waals surface area contributed by atoms with E-state index in [2.05, 4.69) is 20.9 Å². The largest absolute Gasteiger partial charge is 0.438 e. The molecule has 0 N–H and O–H groups in total. The molecule has 2 rings (SSSR count). The van der Waals surface area contributed by atoms with E-state index >= 15 is 0 Å². The van der Waals surface area contributed by atoms with E-state index < -0.39 is 0 Å². The van der Waals surface area contributed by atoms with Gasteiger partial charge >= 0.3 is 0 Å². The van der Waals surface area contributed by atoms with Gasteiger partial charge in [-0.3, -0.25) is 0 Å². The Morgan fingerprint density at radius 2 is 2.18 bits per heavy atom. The van der Waals surface area contributed by atoms with E-state index in [1.165, 1.54) is 18.2 Å². The van der Waals surface area contributed by atoms with E-state index in [4.69, 9.17) is 16.3 Å². The zero-order chi connectivity index (χ0) is 12.3. The predicted molar refractivity (Wildman–Crippen MR) is 68.0 cm³/mol. The highest BCUT2D eigenvalue weighted by molar-refractivity contribution is 9.10. The fourth-order valence-electron chi connectivity index (χ4n) is 1.28. The second-order valence-electron chi connectivity index (χ2n) is 3.28. The van der Waals surface area contributed by atoms with E-state index in [0.717, 1.165) is 5.56 Å². The topological polar surface area (TPSA) is 22.1 Å². The van der Waals surface area contributed by atoms with Gasteiger partial charge in [-0.15, -0.1) is 11.6 Å². The van der Waals surface area contributed by atoms with Crippen LogP contribution in [0.1, 0.15) is 5.56 Å². The second kappa shape index (κ2) is 5.47. The van der Waals surface area contributed by atoms with Crippen LogP contribution in [0, 0.1) is 5.82 Å². The van der Waals surface area contributed by atoms with Crippen LogP contribution in [-0.2, 0) is 5.88 Å². The highest BCUT2D eigenvalue weighted by Gasteiger charge is 2.08. The highest BCUT2D eigenvalue weighted by Crippen LogP contribution is 2.31. The monoisotopic (exact) mass is 315 g/mol. The van der Waals surface area contributed by atoms with Gasteiger partial charge in [0.2, 0.25) is 5.88 Å². The first-order chi connectivity index (χ1) is 8.20. The average Bonchev–Trinajstić information content (AvgIpc) is 2.33. The lowest BCUT2D eigenvalue weighted by molar-refractivity contribution is 0.454. The first-order valence-corrected chi connectivity index (χ1v) is 6.16. The van der Waals surface area contributed by atoms with Crippen LogP contribution in [0.2, 0.25) is 0 Å². The van der Waals surface area contributed by atoms with Gasteiger partial charge in [-0.05, 0) is 40.2 Å². The van der Waals surface area contributed by atoms with Crippen LogP contribution in [-0.4, -0.2) is 4.98 Å². The van der Waals surface area contributed by atoms with Crippen molar-refractivity contribution in [3.05, 3.63) is 52.4 Å². The summed E-state index contributed by atoms with van der Waals surface area (Å²) in [5, 5.41) is 0. The molecule has 88 valence electrons. The van der Waals surface area contributed by atoms with Gasteiger partial charge in [0.1, 0.15) is 11.6 Å². The number of benzene rings is 1. The molecule has 0 amide bonds. The summed E-state index contributed by atoms with van der Waals surface area (Å²) in [6, 6.07) is 7.80. The zero-order valence-corrected chi connectivity index (χ0v) is 11.0. The molecular formula is C12H8BrClFNO. The van der Waals surface area contributed by atoms with Crippen molar-refractivity contribution in [2.24, 2.45) is 0 Å². The maximum absolute atomic E-state index is 12.9. The number of rotatable bonds is 3. The van der Waals surface area contributed by atoms with Crippen LogP contribution in [0.25, 0.3) is 0 Å². The van der Waals surface area contributed by atoms with Crippen LogP contribution in [0.15, 0.2) is 41.0 Å². The van der Waals surface area contributed by atoms with Crippen molar-refractivity contribution in [2.45, 2.75) is 5.88 Å². The number of pyridine rings is 1. The summed E-state index contributed by atoms with van der Waals surface area (Å²) < 4.78 is 19.0. The fraction of sp³-hybridized carbons (Fsp3) is 0.0833. The van der Waals surface area contributed by atoms with Gasteiger partial charge < -0.3 is 4.74 Å². The van der Waals surface area contributed by atoms with Gasteiger partial charge in [0, 0.05) is 11.8 Å². The van der Waals surface area contributed by atoms with E-state index in [9.17, 15) is 4.39 Å². The minimum absolute atomic E-state index is 0.308. The summed E-state index contributed by atoms with van der Waals surface area (Å²) in [5.41, 5.74) is 0.783. The number of hydrogen-bond donors (Lipinski definition) is 0. The maximum atomic E-state index is 12.9. The Bertz CT molecular complexity index is 536. The molecule has 1 heterocycles. The minimum atomic E-state index is -0.331. The smallest absolute Gasteiger partial charge is 0.223 e. The van der Waals surface area contributed by atoms with Crippen molar-refractivity contribution in [3.63, 3.8) is 0 Å². The molecule has 2 aromatic rings. The van der Waals surface area contributed by atoms with Crippen molar-refractivity contribution in [1.29, 1.82) is 0 Å². The number of hydrogen-bond acceptors (Lipinski definition) is 2. The van der Waals surface area contributed by atoms with Gasteiger partial charge in [0.15, 0.2) is 0 Å². The normalized spacial score (nSPS) is 10.3. The second-order valence-corrected chi connectivity index (χ2v) is 4.40. The van der Waals surface area contributed by atoms with Gasteiger partial charge in [-0.2, -0.15) is 0 Å². The molecule has 0 aliphatic rings. The predicted octanol–water partition coefficient (Wildman–Crippen LogP) is 4.51. The number of halogens is 3. The SMILES string of the molecule is Fc1ccc(Oc2ncccc2CCl)c(Br)c1. The molecule has 0 radical (unpaired) electrons. The first kappa shape index (κ1) is 12.3. The third-order valence-corrected chi connectivity index (χ3v) is 3.00. The molecule has 0 unspecified atom stereocenters. The van der Waals surface area contributed by atoms with Crippen molar-refractivity contribution < 1.29 is 9.13 Å². The van der Waals surface area contributed by atoms with Crippen molar-refractivity contribution in [1.82, 2.24) is 4.98 Å². The van der Waals surface area contributed by atoms with Crippen LogP contribution in [0.3, 0.4) is 0 Å². The van der Waals surface area contributed by atoms with Gasteiger partial charge in [-0.1, -0.05) is 6.07 Å². The fourth-order valence-corrected chi connectivity index (χ4v) is 1.92. The number of aromatic nitrogens is 1. The van der Waals surface area contributed by atoms with Gasteiger partial charge in [0.25, 0.3) is 0 Å². The van der Waals surface area contributed by atoms with E-state index in [1.54, 1.807) is 12.3 Å². The molecule has 0 atom stereocenters. The lowest BCUT2D eigenvalue weighted by atomic mass is 10.3.